The molecule has 2 N–H and O–H groups in total. The fourth-order valence-corrected chi connectivity index (χ4v) is 6.07. The van der Waals surface area contributed by atoms with E-state index in [1.807, 2.05) is 0 Å². The third kappa shape index (κ3) is 4.32. The van der Waals surface area contributed by atoms with E-state index in [1.165, 1.54) is 65.4 Å². The van der Waals surface area contributed by atoms with Gasteiger partial charge in [-0.25, -0.2) is 0 Å². The van der Waals surface area contributed by atoms with E-state index in [4.69, 9.17) is 9.47 Å². The van der Waals surface area contributed by atoms with Gasteiger partial charge in [0.1, 0.15) is 18.1 Å². The first kappa shape index (κ1) is 22.2. The van der Waals surface area contributed by atoms with Gasteiger partial charge in [-0.15, -0.1) is 0 Å². The lowest BCUT2D eigenvalue weighted by Gasteiger charge is -2.26. The lowest BCUT2D eigenvalue weighted by atomic mass is 9.84. The zero-order chi connectivity index (χ0) is 23.6. The summed E-state index contributed by atoms with van der Waals surface area (Å²) in [6.45, 7) is 1.46. The van der Waals surface area contributed by atoms with Gasteiger partial charge in [0, 0.05) is 28.7 Å². The second-order valence-corrected chi connectivity index (χ2v) is 9.93. The van der Waals surface area contributed by atoms with Crippen molar-refractivity contribution in [3.63, 3.8) is 0 Å². The van der Waals surface area contributed by atoms with Gasteiger partial charge in [-0.1, -0.05) is 61.7 Å². The largest absolute Gasteiger partial charge is 0.496 e. The van der Waals surface area contributed by atoms with Gasteiger partial charge >= 0.3 is 0 Å². The summed E-state index contributed by atoms with van der Waals surface area (Å²) < 4.78 is 12.2. The van der Waals surface area contributed by atoms with Crippen molar-refractivity contribution in [1.29, 1.82) is 0 Å². The third-order valence-corrected chi connectivity index (χ3v) is 7.84. The van der Waals surface area contributed by atoms with Gasteiger partial charge in [-0.2, -0.15) is 0 Å². The first-order chi connectivity index (χ1) is 17.3. The highest BCUT2D eigenvalue weighted by Crippen LogP contribution is 2.38. The Morgan fingerprint density at radius 3 is 2.60 bits per heavy atom. The third-order valence-electron chi connectivity index (χ3n) is 7.84. The van der Waals surface area contributed by atoms with E-state index in [2.05, 4.69) is 77.0 Å². The molecule has 4 aromatic rings. The lowest BCUT2D eigenvalue weighted by molar-refractivity contribution is 0.288. The van der Waals surface area contributed by atoms with Crippen LogP contribution in [-0.4, -0.2) is 18.6 Å². The maximum absolute atomic E-state index is 6.47. The highest BCUT2D eigenvalue weighted by Gasteiger charge is 2.26. The minimum Gasteiger partial charge on any atom is -0.496 e. The molecule has 1 unspecified atom stereocenters. The lowest BCUT2D eigenvalue weighted by Crippen LogP contribution is -2.30. The average molecular weight is 467 g/mol. The Kier molecular flexibility index (Phi) is 6.22. The standard InChI is InChI=1S/C31H34N2O2/c1-34-28-16-15-22(30-31-26(17-18-32-30)25-12-5-7-13-27(25)33-31)19-23(28)20-35-29-14-8-6-11-24(29)21-9-3-2-4-10-21/h5-8,11-16,19,21,30,32-33H,2-4,9-10,17-18,20H2,1H3. The summed E-state index contributed by atoms with van der Waals surface area (Å²) in [6.07, 6.45) is 7.56. The van der Waals surface area contributed by atoms with Gasteiger partial charge in [0.2, 0.25) is 0 Å². The Hall–Kier alpha value is -3.24. The number of fused-ring (bicyclic) bond motifs is 3. The molecule has 4 nitrogen and oxygen atoms in total. The topological polar surface area (TPSA) is 46.3 Å². The molecule has 0 radical (unpaired) electrons. The second kappa shape index (κ2) is 9.79. The Morgan fingerprint density at radius 2 is 1.71 bits per heavy atom. The van der Waals surface area contributed by atoms with Gasteiger partial charge < -0.3 is 19.8 Å². The zero-order valence-corrected chi connectivity index (χ0v) is 20.5. The van der Waals surface area contributed by atoms with Crippen molar-refractivity contribution in [2.75, 3.05) is 13.7 Å². The van der Waals surface area contributed by atoms with E-state index in [-0.39, 0.29) is 6.04 Å². The monoisotopic (exact) mass is 466 g/mol. The van der Waals surface area contributed by atoms with Gasteiger partial charge in [-0.3, -0.25) is 0 Å². The molecule has 1 fully saturated rings. The number of para-hydroxylation sites is 2. The molecule has 180 valence electrons. The van der Waals surface area contributed by atoms with E-state index in [9.17, 15) is 0 Å². The normalized spacial score (nSPS) is 18.4. The van der Waals surface area contributed by atoms with Crippen LogP contribution in [0.2, 0.25) is 0 Å². The highest BCUT2D eigenvalue weighted by molar-refractivity contribution is 5.85. The van der Waals surface area contributed by atoms with Crippen LogP contribution in [0.4, 0.5) is 0 Å². The number of aromatic amines is 1. The first-order valence-corrected chi connectivity index (χ1v) is 13.0. The van der Waals surface area contributed by atoms with E-state index >= 15 is 0 Å². The molecule has 0 amide bonds. The van der Waals surface area contributed by atoms with Crippen LogP contribution in [0.25, 0.3) is 10.9 Å². The summed E-state index contributed by atoms with van der Waals surface area (Å²) in [5.41, 5.74) is 7.59. The van der Waals surface area contributed by atoms with Crippen LogP contribution >= 0.6 is 0 Å². The molecule has 1 aliphatic heterocycles. The van der Waals surface area contributed by atoms with Crippen molar-refractivity contribution in [2.24, 2.45) is 0 Å². The molecule has 0 saturated heterocycles. The molecule has 0 spiro atoms. The summed E-state index contributed by atoms with van der Waals surface area (Å²) in [4.78, 5) is 3.69. The molecule has 1 aromatic heterocycles. The number of aromatic nitrogens is 1. The maximum Gasteiger partial charge on any atom is 0.125 e. The van der Waals surface area contributed by atoms with Crippen LogP contribution in [0.5, 0.6) is 11.5 Å². The maximum atomic E-state index is 6.47. The van der Waals surface area contributed by atoms with Crippen LogP contribution in [0.15, 0.2) is 66.7 Å². The molecule has 2 aliphatic rings. The molecule has 1 atom stereocenters. The van der Waals surface area contributed by atoms with Crippen LogP contribution in [0.1, 0.15) is 72.0 Å². The van der Waals surface area contributed by atoms with E-state index in [0.29, 0.717) is 12.5 Å². The fourth-order valence-electron chi connectivity index (χ4n) is 6.07. The summed E-state index contributed by atoms with van der Waals surface area (Å²) in [6, 6.07) is 23.9. The number of benzene rings is 3. The smallest absolute Gasteiger partial charge is 0.125 e. The average Bonchev–Trinajstić information content (AvgIpc) is 3.31. The number of rotatable bonds is 6. The molecule has 3 aromatic carbocycles. The Labute approximate surface area is 207 Å². The minimum atomic E-state index is 0.130. The summed E-state index contributed by atoms with van der Waals surface area (Å²) in [7, 11) is 1.74. The van der Waals surface area contributed by atoms with E-state index in [1.54, 1.807) is 7.11 Å². The molecule has 6 rings (SSSR count). The predicted octanol–water partition coefficient (Wildman–Crippen LogP) is 7.04. The number of hydrogen-bond donors (Lipinski definition) is 2. The van der Waals surface area contributed by atoms with Crippen LogP contribution in [-0.2, 0) is 13.0 Å². The zero-order valence-electron chi connectivity index (χ0n) is 20.5. The van der Waals surface area contributed by atoms with Crippen molar-refractivity contribution in [1.82, 2.24) is 10.3 Å². The Balaban J connectivity index is 1.29. The van der Waals surface area contributed by atoms with Crippen molar-refractivity contribution in [3.8, 4) is 11.5 Å². The highest BCUT2D eigenvalue weighted by atomic mass is 16.5. The number of hydrogen-bond acceptors (Lipinski definition) is 3. The molecule has 1 aliphatic carbocycles. The molecule has 1 saturated carbocycles. The number of methoxy groups -OCH3 is 1. The summed E-state index contributed by atoms with van der Waals surface area (Å²) in [5.74, 6) is 2.50. The Morgan fingerprint density at radius 1 is 0.886 bits per heavy atom. The molecular formula is C31H34N2O2. The fraction of sp³-hybridized carbons (Fsp3) is 0.355. The number of ether oxygens (including phenoxy) is 2. The number of H-pyrrole nitrogens is 1. The van der Waals surface area contributed by atoms with Crippen LogP contribution < -0.4 is 14.8 Å². The van der Waals surface area contributed by atoms with Gasteiger partial charge in [-0.05, 0) is 66.1 Å². The molecule has 4 heteroatoms. The second-order valence-electron chi connectivity index (χ2n) is 9.93. The van der Waals surface area contributed by atoms with E-state index < -0.39 is 0 Å². The molecule has 0 bridgehead atoms. The Bertz CT molecular complexity index is 1320. The summed E-state index contributed by atoms with van der Waals surface area (Å²) >= 11 is 0. The molecule has 2 heterocycles. The quantitative estimate of drug-likeness (QED) is 0.320. The predicted molar refractivity (Wildman–Crippen MR) is 141 cm³/mol. The molecule has 35 heavy (non-hydrogen) atoms. The van der Waals surface area contributed by atoms with E-state index in [0.717, 1.165) is 30.0 Å². The van der Waals surface area contributed by atoms with Gasteiger partial charge in [0.15, 0.2) is 0 Å². The number of nitrogens with one attached hydrogen (secondary N) is 2. The van der Waals surface area contributed by atoms with Gasteiger partial charge in [0.25, 0.3) is 0 Å². The van der Waals surface area contributed by atoms with Crippen molar-refractivity contribution >= 4 is 10.9 Å². The van der Waals surface area contributed by atoms with Crippen molar-refractivity contribution in [2.45, 2.75) is 57.1 Å². The van der Waals surface area contributed by atoms with Gasteiger partial charge in [0.05, 0.1) is 13.2 Å². The first-order valence-electron chi connectivity index (χ1n) is 13.0. The van der Waals surface area contributed by atoms with Crippen LogP contribution in [0.3, 0.4) is 0 Å². The SMILES string of the molecule is COc1ccc(C2NCCc3c2[nH]c2ccccc32)cc1COc1ccccc1C1CCCCC1. The minimum absolute atomic E-state index is 0.130. The molecular weight excluding hydrogens is 432 g/mol. The van der Waals surface area contributed by atoms with Crippen LogP contribution in [0, 0.1) is 0 Å². The summed E-state index contributed by atoms with van der Waals surface area (Å²) in [5, 5.41) is 5.07. The van der Waals surface area contributed by atoms with Crippen molar-refractivity contribution in [3.05, 3.63) is 94.7 Å². The van der Waals surface area contributed by atoms with Crippen molar-refractivity contribution < 1.29 is 9.47 Å².